The second-order valence-electron chi connectivity index (χ2n) is 6.82. The van der Waals surface area contributed by atoms with E-state index < -0.39 is 0 Å². The van der Waals surface area contributed by atoms with Crippen LogP contribution in [0.15, 0.2) is 42.5 Å². The Hall–Kier alpha value is -3.02. The Morgan fingerprint density at radius 3 is 2.11 bits per heavy atom. The number of carbonyl (C=O) groups is 2. The third kappa shape index (κ3) is 6.95. The van der Waals surface area contributed by atoms with Crippen LogP contribution in [-0.2, 0) is 4.74 Å². The van der Waals surface area contributed by atoms with Crippen molar-refractivity contribution in [2.75, 3.05) is 23.4 Å². The third-order valence-electron chi connectivity index (χ3n) is 4.35. The first kappa shape index (κ1) is 21.3. The number of benzene rings is 2. The number of ether oxygens (including phenoxy) is 1. The lowest BCUT2D eigenvalue weighted by atomic mass is 10.1. The van der Waals surface area contributed by atoms with Gasteiger partial charge in [-0.3, -0.25) is 4.79 Å². The summed E-state index contributed by atoms with van der Waals surface area (Å²) in [5, 5.41) is 2.75. The fraction of sp³-hybridized carbons (Fsp3) is 0.364. The molecule has 0 bridgehead atoms. The zero-order valence-corrected chi connectivity index (χ0v) is 16.4. The van der Waals surface area contributed by atoms with Crippen LogP contribution in [0.3, 0.4) is 0 Å². The SMILES string of the molecule is CCCCCCCCOC(=O)c1ccc(NC(=O)c2cc(N)cc(N)c2)cc1. The second kappa shape index (κ2) is 11.0. The van der Waals surface area contributed by atoms with Crippen molar-refractivity contribution in [3.05, 3.63) is 53.6 Å². The standard InChI is InChI=1S/C22H29N3O3/c1-2-3-4-5-6-7-12-28-22(27)16-8-10-20(11-9-16)25-21(26)17-13-18(23)15-19(24)14-17/h8-11,13-15H,2-7,12,23-24H2,1H3,(H,25,26). The zero-order valence-electron chi connectivity index (χ0n) is 16.4. The van der Waals surface area contributed by atoms with Gasteiger partial charge in [0.1, 0.15) is 0 Å². The highest BCUT2D eigenvalue weighted by molar-refractivity contribution is 6.05. The van der Waals surface area contributed by atoms with Crippen molar-refractivity contribution in [1.82, 2.24) is 0 Å². The first-order valence-electron chi connectivity index (χ1n) is 9.74. The van der Waals surface area contributed by atoms with Crippen LogP contribution in [-0.4, -0.2) is 18.5 Å². The number of anilines is 3. The molecule has 0 saturated heterocycles. The Balaban J connectivity index is 1.80. The Labute approximate surface area is 166 Å². The van der Waals surface area contributed by atoms with E-state index in [0.717, 1.165) is 12.8 Å². The topological polar surface area (TPSA) is 107 Å². The third-order valence-corrected chi connectivity index (χ3v) is 4.35. The Morgan fingerprint density at radius 1 is 0.857 bits per heavy atom. The number of carbonyl (C=O) groups excluding carboxylic acids is 2. The lowest BCUT2D eigenvalue weighted by molar-refractivity contribution is 0.0497. The monoisotopic (exact) mass is 383 g/mol. The van der Waals surface area contributed by atoms with Gasteiger partial charge in [-0.1, -0.05) is 39.0 Å². The summed E-state index contributed by atoms with van der Waals surface area (Å²) >= 11 is 0. The minimum Gasteiger partial charge on any atom is -0.462 e. The molecule has 0 aliphatic rings. The van der Waals surface area contributed by atoms with E-state index >= 15 is 0 Å². The molecule has 2 aromatic carbocycles. The van der Waals surface area contributed by atoms with Crippen molar-refractivity contribution in [3.8, 4) is 0 Å². The van der Waals surface area contributed by atoms with Crippen molar-refractivity contribution in [1.29, 1.82) is 0 Å². The van der Waals surface area contributed by atoms with Gasteiger partial charge in [0.05, 0.1) is 12.2 Å². The van der Waals surface area contributed by atoms with Gasteiger partial charge in [0.2, 0.25) is 0 Å². The molecule has 28 heavy (non-hydrogen) atoms. The smallest absolute Gasteiger partial charge is 0.338 e. The molecule has 0 heterocycles. The average Bonchev–Trinajstić information content (AvgIpc) is 2.67. The van der Waals surface area contributed by atoms with Crippen LogP contribution in [0.25, 0.3) is 0 Å². The van der Waals surface area contributed by atoms with Crippen molar-refractivity contribution in [2.24, 2.45) is 0 Å². The summed E-state index contributed by atoms with van der Waals surface area (Å²) in [4.78, 5) is 24.4. The molecule has 0 radical (unpaired) electrons. The highest BCUT2D eigenvalue weighted by Gasteiger charge is 2.10. The van der Waals surface area contributed by atoms with E-state index in [1.165, 1.54) is 25.7 Å². The lowest BCUT2D eigenvalue weighted by Crippen LogP contribution is -2.13. The summed E-state index contributed by atoms with van der Waals surface area (Å²) in [5.74, 6) is -0.674. The van der Waals surface area contributed by atoms with Crippen molar-refractivity contribution >= 4 is 28.9 Å². The lowest BCUT2D eigenvalue weighted by Gasteiger charge is -2.08. The van der Waals surface area contributed by atoms with E-state index in [0.29, 0.717) is 34.8 Å². The van der Waals surface area contributed by atoms with Crippen LogP contribution in [0.2, 0.25) is 0 Å². The molecule has 2 rings (SSSR count). The van der Waals surface area contributed by atoms with Gasteiger partial charge < -0.3 is 21.5 Å². The molecule has 2 aromatic rings. The number of rotatable bonds is 10. The van der Waals surface area contributed by atoms with E-state index in [1.54, 1.807) is 42.5 Å². The number of unbranched alkanes of at least 4 members (excludes halogenated alkanes) is 5. The fourth-order valence-electron chi connectivity index (χ4n) is 2.83. The van der Waals surface area contributed by atoms with Crippen LogP contribution in [0.5, 0.6) is 0 Å². The molecule has 150 valence electrons. The number of amides is 1. The molecule has 0 saturated carbocycles. The molecule has 0 spiro atoms. The average molecular weight is 383 g/mol. The molecule has 5 N–H and O–H groups in total. The van der Waals surface area contributed by atoms with Crippen LogP contribution < -0.4 is 16.8 Å². The van der Waals surface area contributed by atoms with Gasteiger partial charge in [-0.25, -0.2) is 4.79 Å². The minimum absolute atomic E-state index is 0.322. The van der Waals surface area contributed by atoms with Crippen molar-refractivity contribution in [2.45, 2.75) is 45.4 Å². The Morgan fingerprint density at radius 2 is 1.46 bits per heavy atom. The quantitative estimate of drug-likeness (QED) is 0.315. The summed E-state index contributed by atoms with van der Waals surface area (Å²) in [7, 11) is 0. The van der Waals surface area contributed by atoms with E-state index in [9.17, 15) is 9.59 Å². The van der Waals surface area contributed by atoms with E-state index in [2.05, 4.69) is 12.2 Å². The summed E-state index contributed by atoms with van der Waals surface area (Å²) < 4.78 is 5.30. The molecule has 0 aliphatic heterocycles. The normalized spacial score (nSPS) is 10.5. The fourth-order valence-corrected chi connectivity index (χ4v) is 2.83. The van der Waals surface area contributed by atoms with Crippen LogP contribution in [0.4, 0.5) is 17.1 Å². The Bertz CT molecular complexity index is 768. The van der Waals surface area contributed by atoms with Gasteiger partial charge in [0, 0.05) is 22.6 Å². The molecular weight excluding hydrogens is 354 g/mol. The maximum Gasteiger partial charge on any atom is 0.338 e. The Kier molecular flexibility index (Phi) is 8.34. The number of esters is 1. The molecule has 0 fully saturated rings. The first-order valence-corrected chi connectivity index (χ1v) is 9.74. The molecule has 0 unspecified atom stereocenters. The van der Waals surface area contributed by atoms with Gasteiger partial charge in [0.25, 0.3) is 5.91 Å². The molecule has 6 heteroatoms. The summed E-state index contributed by atoms with van der Waals surface area (Å²) in [6.45, 7) is 2.62. The van der Waals surface area contributed by atoms with E-state index in [1.807, 2.05) is 0 Å². The summed E-state index contributed by atoms with van der Waals surface area (Å²) in [5.41, 5.74) is 13.7. The maximum absolute atomic E-state index is 12.3. The highest BCUT2D eigenvalue weighted by atomic mass is 16.5. The highest BCUT2D eigenvalue weighted by Crippen LogP contribution is 2.17. The number of nitrogens with two attached hydrogens (primary N) is 2. The second-order valence-corrected chi connectivity index (χ2v) is 6.82. The van der Waals surface area contributed by atoms with Gasteiger partial charge in [-0.2, -0.15) is 0 Å². The van der Waals surface area contributed by atoms with Crippen LogP contribution in [0, 0.1) is 0 Å². The maximum atomic E-state index is 12.3. The van der Waals surface area contributed by atoms with Gasteiger partial charge in [-0.15, -0.1) is 0 Å². The number of nitrogens with one attached hydrogen (secondary N) is 1. The van der Waals surface area contributed by atoms with Crippen LogP contribution >= 0.6 is 0 Å². The van der Waals surface area contributed by atoms with Gasteiger partial charge in [-0.05, 0) is 48.9 Å². The first-order chi connectivity index (χ1) is 13.5. The molecule has 6 nitrogen and oxygen atoms in total. The van der Waals surface area contributed by atoms with Crippen molar-refractivity contribution in [3.63, 3.8) is 0 Å². The zero-order chi connectivity index (χ0) is 20.4. The van der Waals surface area contributed by atoms with Gasteiger partial charge in [0.15, 0.2) is 0 Å². The number of nitrogen functional groups attached to an aromatic ring is 2. The summed E-state index contributed by atoms with van der Waals surface area (Å²) in [6.07, 6.45) is 6.85. The molecule has 1 amide bonds. The van der Waals surface area contributed by atoms with E-state index in [4.69, 9.17) is 16.2 Å². The molecular formula is C22H29N3O3. The van der Waals surface area contributed by atoms with Gasteiger partial charge >= 0.3 is 5.97 Å². The number of hydrogen-bond donors (Lipinski definition) is 3. The minimum atomic E-state index is -0.352. The van der Waals surface area contributed by atoms with Crippen LogP contribution in [0.1, 0.15) is 66.2 Å². The predicted octanol–water partition coefficient (Wildman–Crippen LogP) is 4.62. The molecule has 0 aromatic heterocycles. The van der Waals surface area contributed by atoms with Crippen molar-refractivity contribution < 1.29 is 14.3 Å². The number of hydrogen-bond acceptors (Lipinski definition) is 5. The predicted molar refractivity (Wildman–Crippen MR) is 113 cm³/mol. The molecule has 0 atom stereocenters. The molecule has 0 aliphatic carbocycles. The van der Waals surface area contributed by atoms with E-state index in [-0.39, 0.29) is 11.9 Å². The summed E-state index contributed by atoms with van der Waals surface area (Å²) in [6, 6.07) is 11.3. The largest absolute Gasteiger partial charge is 0.462 e.